The van der Waals surface area contributed by atoms with Gasteiger partial charge in [-0.1, -0.05) is 73.2 Å². The van der Waals surface area contributed by atoms with Crippen LogP contribution in [0.1, 0.15) is 65.9 Å². The zero-order valence-electron chi connectivity index (χ0n) is 21.1. The Morgan fingerprint density at radius 1 is 0.676 bits per heavy atom. The molecule has 0 aromatic heterocycles. The second kappa shape index (κ2) is 14.4. The van der Waals surface area contributed by atoms with Crippen LogP contribution in [-0.4, -0.2) is 54.6 Å². The zero-order valence-corrected chi connectivity index (χ0v) is 21.9. The van der Waals surface area contributed by atoms with Gasteiger partial charge in [-0.05, 0) is 24.6 Å². The van der Waals surface area contributed by atoms with Crippen molar-refractivity contribution in [3.8, 4) is 0 Å². The molecule has 0 bridgehead atoms. The quantitative estimate of drug-likeness (QED) is 0.420. The molecule has 0 aliphatic carbocycles. The van der Waals surface area contributed by atoms with Crippen LogP contribution in [0.3, 0.4) is 0 Å². The molecule has 0 radical (unpaired) electrons. The molecule has 8 nitrogen and oxygen atoms in total. The Morgan fingerprint density at radius 2 is 1.05 bits per heavy atom. The van der Waals surface area contributed by atoms with Gasteiger partial charge in [0.05, 0.1) is 11.1 Å². The van der Waals surface area contributed by atoms with Crippen LogP contribution in [0.25, 0.3) is 0 Å². The number of hydrogen-bond acceptors (Lipinski definition) is 6. The second-order valence-electron chi connectivity index (χ2n) is 8.21. The molecule has 0 unspecified atom stereocenters. The van der Waals surface area contributed by atoms with Gasteiger partial charge < -0.3 is 10.2 Å². The zero-order chi connectivity index (χ0) is 28.2. The normalized spacial score (nSPS) is 10.2. The van der Waals surface area contributed by atoms with Gasteiger partial charge in [0.15, 0.2) is 11.6 Å². The van der Waals surface area contributed by atoms with Crippen molar-refractivity contribution in [3.05, 3.63) is 106 Å². The molecule has 0 fully saturated rings. The van der Waals surface area contributed by atoms with Gasteiger partial charge in [0.1, 0.15) is 9.84 Å². The first-order chi connectivity index (χ1) is 17.2. The maximum absolute atomic E-state index is 12.6. The molecular formula is C28H30O8S. The van der Waals surface area contributed by atoms with Gasteiger partial charge in [0.2, 0.25) is 0 Å². The van der Waals surface area contributed by atoms with E-state index < -0.39 is 44.5 Å². The highest BCUT2D eigenvalue weighted by Crippen LogP contribution is 2.21. The van der Waals surface area contributed by atoms with Crippen molar-refractivity contribution in [2.24, 2.45) is 0 Å². The SMILES string of the molecule is CCC(=O)c1cc(C(=O)Cc2ccccc2)c(C(=O)O)cc1C(=O)O.CS(C)(=O)=O.Cc1ccccc1. The van der Waals surface area contributed by atoms with Crippen LogP contribution in [0.15, 0.2) is 72.8 Å². The van der Waals surface area contributed by atoms with Crippen molar-refractivity contribution < 1.29 is 37.8 Å². The number of carboxylic acid groups (broad SMARTS) is 2. The van der Waals surface area contributed by atoms with Gasteiger partial charge >= 0.3 is 11.9 Å². The first-order valence-corrected chi connectivity index (χ1v) is 13.5. The summed E-state index contributed by atoms with van der Waals surface area (Å²) in [4.78, 5) is 47.4. The lowest BCUT2D eigenvalue weighted by Crippen LogP contribution is -2.17. The highest BCUT2D eigenvalue weighted by molar-refractivity contribution is 7.89. The lowest BCUT2D eigenvalue weighted by Gasteiger charge is -2.11. The molecule has 0 heterocycles. The monoisotopic (exact) mass is 526 g/mol. The van der Waals surface area contributed by atoms with E-state index in [4.69, 9.17) is 0 Å². The third kappa shape index (κ3) is 11.4. The summed E-state index contributed by atoms with van der Waals surface area (Å²) in [6, 6.07) is 21.0. The minimum atomic E-state index is -2.67. The molecule has 3 rings (SSSR count). The van der Waals surface area contributed by atoms with E-state index in [1.165, 1.54) is 5.56 Å². The Labute approximate surface area is 216 Å². The van der Waals surface area contributed by atoms with Crippen molar-refractivity contribution in [1.82, 2.24) is 0 Å². The van der Waals surface area contributed by atoms with E-state index in [-0.39, 0.29) is 24.0 Å². The topological polar surface area (TPSA) is 143 Å². The lowest BCUT2D eigenvalue weighted by molar-refractivity contribution is 0.0689. The predicted molar refractivity (Wildman–Crippen MR) is 141 cm³/mol. The number of aryl methyl sites for hydroxylation is 1. The molecule has 0 saturated carbocycles. The molecule has 0 aliphatic heterocycles. The number of carbonyl (C=O) groups excluding carboxylic acids is 2. The van der Waals surface area contributed by atoms with E-state index >= 15 is 0 Å². The number of hydrogen-bond donors (Lipinski definition) is 2. The van der Waals surface area contributed by atoms with Gasteiger partial charge in [0.25, 0.3) is 0 Å². The van der Waals surface area contributed by atoms with Crippen LogP contribution in [0.4, 0.5) is 0 Å². The van der Waals surface area contributed by atoms with Crippen LogP contribution < -0.4 is 0 Å². The predicted octanol–water partition coefficient (Wildman–Crippen LogP) is 4.76. The Hall–Kier alpha value is -4.11. The van der Waals surface area contributed by atoms with Crippen molar-refractivity contribution in [1.29, 1.82) is 0 Å². The summed E-state index contributed by atoms with van der Waals surface area (Å²) >= 11 is 0. The van der Waals surface area contributed by atoms with Crippen LogP contribution in [0.5, 0.6) is 0 Å². The fourth-order valence-electron chi connectivity index (χ4n) is 3.02. The molecule has 0 saturated heterocycles. The summed E-state index contributed by atoms with van der Waals surface area (Å²) in [7, 11) is -2.67. The van der Waals surface area contributed by atoms with Crippen LogP contribution in [0.2, 0.25) is 0 Å². The lowest BCUT2D eigenvalue weighted by atomic mass is 9.91. The Bertz CT molecular complexity index is 1340. The molecule has 0 aliphatic rings. The van der Waals surface area contributed by atoms with Crippen molar-refractivity contribution >= 4 is 33.3 Å². The molecule has 196 valence electrons. The van der Waals surface area contributed by atoms with E-state index in [2.05, 4.69) is 19.1 Å². The number of carbonyl (C=O) groups is 4. The summed E-state index contributed by atoms with van der Waals surface area (Å²) < 4.78 is 19.3. The van der Waals surface area contributed by atoms with E-state index in [1.54, 1.807) is 37.3 Å². The molecule has 3 aromatic carbocycles. The molecule has 0 atom stereocenters. The minimum absolute atomic E-state index is 0.0407. The first-order valence-electron chi connectivity index (χ1n) is 11.2. The van der Waals surface area contributed by atoms with E-state index in [9.17, 15) is 37.8 Å². The van der Waals surface area contributed by atoms with Crippen LogP contribution in [0, 0.1) is 6.92 Å². The average molecular weight is 527 g/mol. The first kappa shape index (κ1) is 30.9. The standard InChI is InChI=1S/C19H16O6.C7H8.C2H6O2S/c1-2-16(20)12-9-13(15(19(24)25)10-14(12)18(22)23)17(21)8-11-6-4-3-5-7-11;1-7-5-3-2-4-6-7;1-5(2,3)4/h3-7,9-10H,2,8H2,1H3,(H,22,23)(H,24,25);2-6H,1H3;1-2H3. The molecular weight excluding hydrogens is 496 g/mol. The van der Waals surface area contributed by atoms with E-state index in [0.717, 1.165) is 24.6 Å². The number of benzene rings is 3. The van der Waals surface area contributed by atoms with Gasteiger partial charge in [-0.15, -0.1) is 0 Å². The fraction of sp³-hybridized carbons (Fsp3) is 0.214. The summed E-state index contributed by atoms with van der Waals surface area (Å²) in [6.07, 6.45) is 2.31. The Balaban J connectivity index is 0.000000467. The largest absolute Gasteiger partial charge is 0.478 e. The summed E-state index contributed by atoms with van der Waals surface area (Å²) in [5.41, 5.74) is 0.845. The van der Waals surface area contributed by atoms with Crippen LogP contribution in [-0.2, 0) is 16.3 Å². The number of ketones is 2. The van der Waals surface area contributed by atoms with Gasteiger partial charge in [-0.25, -0.2) is 18.0 Å². The molecule has 0 amide bonds. The maximum atomic E-state index is 12.6. The number of sulfone groups is 1. The smallest absolute Gasteiger partial charge is 0.336 e. The third-order valence-corrected chi connectivity index (χ3v) is 4.69. The molecule has 37 heavy (non-hydrogen) atoms. The van der Waals surface area contributed by atoms with Gasteiger partial charge in [-0.3, -0.25) is 9.59 Å². The highest BCUT2D eigenvalue weighted by Gasteiger charge is 2.24. The third-order valence-electron chi connectivity index (χ3n) is 4.69. The minimum Gasteiger partial charge on any atom is -0.478 e. The fourth-order valence-corrected chi connectivity index (χ4v) is 3.02. The number of carboxylic acids is 2. The van der Waals surface area contributed by atoms with Crippen LogP contribution >= 0.6 is 0 Å². The second-order valence-corrected chi connectivity index (χ2v) is 10.5. The average Bonchev–Trinajstić information content (AvgIpc) is 2.83. The highest BCUT2D eigenvalue weighted by atomic mass is 32.2. The molecule has 9 heteroatoms. The molecule has 2 N–H and O–H groups in total. The van der Waals surface area contributed by atoms with Crippen molar-refractivity contribution in [2.45, 2.75) is 26.7 Å². The van der Waals surface area contributed by atoms with Crippen molar-refractivity contribution in [3.63, 3.8) is 0 Å². The maximum Gasteiger partial charge on any atom is 0.336 e. The van der Waals surface area contributed by atoms with Gasteiger partial charge in [-0.2, -0.15) is 0 Å². The summed E-state index contributed by atoms with van der Waals surface area (Å²) in [6.45, 7) is 3.64. The van der Waals surface area contributed by atoms with E-state index in [0.29, 0.717) is 5.56 Å². The van der Waals surface area contributed by atoms with Gasteiger partial charge in [0, 0.05) is 36.5 Å². The molecule has 0 spiro atoms. The Kier molecular flexibility index (Phi) is 12.1. The number of aromatic carboxylic acids is 2. The number of rotatable bonds is 7. The van der Waals surface area contributed by atoms with E-state index in [1.807, 2.05) is 18.2 Å². The summed E-state index contributed by atoms with van der Waals surface area (Å²) in [5, 5.41) is 18.6. The summed E-state index contributed by atoms with van der Waals surface area (Å²) in [5.74, 6) is -3.80. The Morgan fingerprint density at radius 3 is 1.41 bits per heavy atom. The van der Waals surface area contributed by atoms with Crippen molar-refractivity contribution in [2.75, 3.05) is 12.5 Å². The molecule has 3 aromatic rings. The number of Topliss-reactive ketones (excluding diaryl/α,β-unsaturated/α-hetero) is 2.